The minimum Gasteiger partial charge on any atom is -0.331 e. The third kappa shape index (κ3) is 2.33. The molecule has 130 valence electrons. The van der Waals surface area contributed by atoms with Gasteiger partial charge in [-0.1, -0.05) is 0 Å². The minimum absolute atomic E-state index is 0.0105. The number of hydrogen-bond acceptors (Lipinski definition) is 4. The topological polar surface area (TPSA) is 68.3 Å². The van der Waals surface area contributed by atoms with Crippen molar-refractivity contribution in [2.75, 3.05) is 6.54 Å². The molecular weight excluding hydrogens is 316 g/mol. The van der Waals surface area contributed by atoms with Crippen LogP contribution in [0.5, 0.6) is 0 Å². The van der Waals surface area contributed by atoms with Gasteiger partial charge < -0.3 is 4.90 Å². The molecule has 0 saturated carbocycles. The molecule has 0 bridgehead atoms. The predicted octanol–water partition coefficient (Wildman–Crippen LogP) is 2.37. The van der Waals surface area contributed by atoms with Gasteiger partial charge in [-0.05, 0) is 39.7 Å². The Morgan fingerprint density at radius 2 is 2.00 bits per heavy atom. The van der Waals surface area contributed by atoms with Crippen molar-refractivity contribution in [3.63, 3.8) is 0 Å². The summed E-state index contributed by atoms with van der Waals surface area (Å²) >= 11 is 0. The van der Waals surface area contributed by atoms with Crippen LogP contribution in [0, 0.1) is 20.8 Å². The summed E-state index contributed by atoms with van der Waals surface area (Å²) in [4.78, 5) is 19.7. The molecule has 1 atom stereocenters. The molecule has 0 aliphatic carbocycles. The number of fused-ring (bicyclic) bond motifs is 1. The smallest absolute Gasteiger partial charge is 0.260 e. The third-order valence-electron chi connectivity index (χ3n) is 5.20. The van der Waals surface area contributed by atoms with E-state index in [9.17, 15) is 4.79 Å². The lowest BCUT2D eigenvalue weighted by atomic mass is 10.0. The van der Waals surface area contributed by atoms with Gasteiger partial charge in [0.25, 0.3) is 5.91 Å². The molecule has 7 nitrogen and oxygen atoms in total. The summed E-state index contributed by atoms with van der Waals surface area (Å²) in [5.74, 6) is 0.0105. The van der Waals surface area contributed by atoms with E-state index in [2.05, 4.69) is 22.1 Å². The van der Waals surface area contributed by atoms with E-state index in [0.29, 0.717) is 16.9 Å². The Morgan fingerprint density at radius 3 is 2.72 bits per heavy atom. The van der Waals surface area contributed by atoms with Gasteiger partial charge >= 0.3 is 0 Å². The number of amides is 1. The van der Waals surface area contributed by atoms with Crippen molar-refractivity contribution in [3.8, 4) is 0 Å². The first-order valence-corrected chi connectivity index (χ1v) is 8.60. The molecule has 7 heteroatoms. The lowest BCUT2D eigenvalue weighted by molar-refractivity contribution is 0.0736. The Balaban J connectivity index is 1.77. The van der Waals surface area contributed by atoms with Crippen molar-refractivity contribution < 1.29 is 4.79 Å². The molecule has 0 spiro atoms. The standard InChI is InChI=1S/C18H22N6O/c1-11-15(13(3)22(4)20-11)14-7-5-9-23(14)18(25)16-12(2)21-24-10-6-8-19-17(16)24/h6,8,10,14H,5,7,9H2,1-4H3/t14-/m0/s1. The Morgan fingerprint density at radius 1 is 1.20 bits per heavy atom. The van der Waals surface area contributed by atoms with Crippen LogP contribution in [-0.2, 0) is 7.05 Å². The maximum atomic E-state index is 13.4. The molecule has 1 aliphatic rings. The zero-order valence-electron chi connectivity index (χ0n) is 15.0. The number of rotatable bonds is 2. The molecule has 4 heterocycles. The Labute approximate surface area is 146 Å². The lowest BCUT2D eigenvalue weighted by Crippen LogP contribution is -2.31. The molecule has 1 aliphatic heterocycles. The molecule has 1 fully saturated rings. The summed E-state index contributed by atoms with van der Waals surface area (Å²) in [7, 11) is 1.95. The summed E-state index contributed by atoms with van der Waals surface area (Å²) in [5, 5.41) is 8.96. The monoisotopic (exact) mass is 338 g/mol. The van der Waals surface area contributed by atoms with Crippen LogP contribution < -0.4 is 0 Å². The van der Waals surface area contributed by atoms with Crippen molar-refractivity contribution in [1.82, 2.24) is 29.3 Å². The molecular formula is C18H22N6O. The van der Waals surface area contributed by atoms with Gasteiger partial charge in [-0.3, -0.25) is 9.48 Å². The summed E-state index contributed by atoms with van der Waals surface area (Å²) in [6.07, 6.45) is 5.48. The lowest BCUT2D eigenvalue weighted by Gasteiger charge is -2.25. The van der Waals surface area contributed by atoms with E-state index < -0.39 is 0 Å². The Kier molecular flexibility index (Phi) is 3.59. The molecule has 0 aromatic carbocycles. The fourth-order valence-electron chi connectivity index (χ4n) is 3.97. The first-order chi connectivity index (χ1) is 12.0. The van der Waals surface area contributed by atoms with Gasteiger partial charge in [0, 0.05) is 37.2 Å². The van der Waals surface area contributed by atoms with Gasteiger partial charge in [-0.25, -0.2) is 9.50 Å². The van der Waals surface area contributed by atoms with E-state index in [-0.39, 0.29) is 11.9 Å². The molecule has 1 amide bonds. The highest BCUT2D eigenvalue weighted by molar-refractivity contribution is 6.01. The molecule has 3 aromatic heterocycles. The Hall–Kier alpha value is -2.70. The van der Waals surface area contributed by atoms with E-state index in [1.165, 1.54) is 5.56 Å². The average molecular weight is 338 g/mol. The zero-order valence-corrected chi connectivity index (χ0v) is 15.0. The quantitative estimate of drug-likeness (QED) is 0.719. The summed E-state index contributed by atoms with van der Waals surface area (Å²) in [5.41, 5.74) is 5.24. The van der Waals surface area contributed by atoms with Crippen LogP contribution in [0.25, 0.3) is 5.65 Å². The van der Waals surface area contributed by atoms with Crippen LogP contribution in [0.1, 0.15) is 51.9 Å². The highest BCUT2D eigenvalue weighted by atomic mass is 16.2. The SMILES string of the molecule is Cc1nn(C)c(C)c1[C@@H]1CCCN1C(=O)c1c(C)nn2cccnc12. The van der Waals surface area contributed by atoms with Crippen molar-refractivity contribution in [3.05, 3.63) is 46.7 Å². The number of carbonyl (C=O) groups is 1. The molecule has 0 N–H and O–H groups in total. The number of likely N-dealkylation sites (tertiary alicyclic amines) is 1. The van der Waals surface area contributed by atoms with E-state index in [1.54, 1.807) is 10.7 Å². The second-order valence-corrected chi connectivity index (χ2v) is 6.71. The third-order valence-corrected chi connectivity index (χ3v) is 5.20. The largest absolute Gasteiger partial charge is 0.331 e. The normalized spacial score (nSPS) is 17.6. The van der Waals surface area contributed by atoms with Gasteiger partial charge in [-0.15, -0.1) is 0 Å². The second-order valence-electron chi connectivity index (χ2n) is 6.71. The van der Waals surface area contributed by atoms with Gasteiger partial charge in [-0.2, -0.15) is 10.2 Å². The van der Waals surface area contributed by atoms with Crippen LogP contribution in [-0.4, -0.2) is 41.7 Å². The molecule has 0 radical (unpaired) electrons. The number of carbonyl (C=O) groups excluding carboxylic acids is 1. The number of aromatic nitrogens is 5. The van der Waals surface area contributed by atoms with Crippen LogP contribution in [0.2, 0.25) is 0 Å². The fourth-order valence-corrected chi connectivity index (χ4v) is 3.97. The average Bonchev–Trinajstić information content (AvgIpc) is 3.23. The predicted molar refractivity (Wildman–Crippen MR) is 93.4 cm³/mol. The van der Waals surface area contributed by atoms with Crippen molar-refractivity contribution in [1.29, 1.82) is 0 Å². The summed E-state index contributed by atoms with van der Waals surface area (Å²) < 4.78 is 3.57. The van der Waals surface area contributed by atoms with E-state index in [4.69, 9.17) is 0 Å². The summed E-state index contributed by atoms with van der Waals surface area (Å²) in [6.45, 7) is 6.71. The van der Waals surface area contributed by atoms with Crippen molar-refractivity contribution in [2.24, 2.45) is 7.05 Å². The van der Waals surface area contributed by atoms with Gasteiger partial charge in [0.2, 0.25) is 0 Å². The summed E-state index contributed by atoms with van der Waals surface area (Å²) in [6, 6.07) is 1.88. The molecule has 3 aromatic rings. The zero-order chi connectivity index (χ0) is 17.7. The fraction of sp³-hybridized carbons (Fsp3) is 0.444. The first kappa shape index (κ1) is 15.8. The number of hydrogen-bond donors (Lipinski definition) is 0. The highest BCUT2D eigenvalue weighted by Gasteiger charge is 2.35. The minimum atomic E-state index is 0.0105. The number of nitrogens with zero attached hydrogens (tertiary/aromatic N) is 6. The van der Waals surface area contributed by atoms with Crippen LogP contribution >= 0.6 is 0 Å². The van der Waals surface area contributed by atoms with Crippen LogP contribution in [0.3, 0.4) is 0 Å². The van der Waals surface area contributed by atoms with Gasteiger partial charge in [0.05, 0.1) is 17.4 Å². The second kappa shape index (κ2) is 5.68. The van der Waals surface area contributed by atoms with Crippen LogP contribution in [0.4, 0.5) is 0 Å². The van der Waals surface area contributed by atoms with Crippen molar-refractivity contribution >= 4 is 11.6 Å². The first-order valence-electron chi connectivity index (χ1n) is 8.60. The number of aryl methyl sites for hydroxylation is 3. The van der Waals surface area contributed by atoms with Gasteiger partial charge in [0.1, 0.15) is 5.56 Å². The van der Waals surface area contributed by atoms with Crippen LogP contribution in [0.15, 0.2) is 18.5 Å². The molecule has 4 rings (SSSR count). The van der Waals surface area contributed by atoms with E-state index in [0.717, 1.165) is 30.8 Å². The van der Waals surface area contributed by atoms with E-state index >= 15 is 0 Å². The Bertz CT molecular complexity index is 970. The maximum Gasteiger partial charge on any atom is 0.260 e. The molecule has 1 saturated heterocycles. The van der Waals surface area contributed by atoms with E-state index in [1.807, 2.05) is 42.7 Å². The molecule has 0 unspecified atom stereocenters. The van der Waals surface area contributed by atoms with Crippen molar-refractivity contribution in [2.45, 2.75) is 39.7 Å². The maximum absolute atomic E-state index is 13.4. The molecule has 25 heavy (non-hydrogen) atoms. The highest BCUT2D eigenvalue weighted by Crippen LogP contribution is 2.36. The van der Waals surface area contributed by atoms with Gasteiger partial charge in [0.15, 0.2) is 5.65 Å².